The maximum atomic E-state index is 5.32. The molecule has 0 fully saturated rings. The molecule has 0 aliphatic rings. The van der Waals surface area contributed by atoms with Crippen LogP contribution in [0.2, 0.25) is 0 Å². The van der Waals surface area contributed by atoms with Crippen LogP contribution in [0.15, 0.2) is 47.7 Å². The van der Waals surface area contributed by atoms with E-state index in [9.17, 15) is 0 Å². The summed E-state index contributed by atoms with van der Waals surface area (Å²) in [6, 6.07) is 7.94. The van der Waals surface area contributed by atoms with E-state index in [0.717, 1.165) is 17.6 Å². The van der Waals surface area contributed by atoms with Crippen LogP contribution >= 0.6 is 0 Å². The Morgan fingerprint density at radius 2 is 2.25 bits per heavy atom. The Labute approximate surface area is 70.7 Å². The molecule has 0 amide bonds. The fraction of sp³-hybridized carbons (Fsp3) is 0.100. The van der Waals surface area contributed by atoms with Crippen molar-refractivity contribution in [1.82, 2.24) is 0 Å². The van der Waals surface area contributed by atoms with Gasteiger partial charge in [0.15, 0.2) is 6.54 Å². The first-order chi connectivity index (χ1) is 5.92. The molecule has 2 aromatic rings. The lowest BCUT2D eigenvalue weighted by Gasteiger charge is -1.84. The monoisotopic (exact) mass is 160 g/mol. The lowest BCUT2D eigenvalue weighted by molar-refractivity contribution is -0.665. The van der Waals surface area contributed by atoms with Gasteiger partial charge in [-0.05, 0) is 12.1 Å². The first-order valence-corrected chi connectivity index (χ1v) is 3.88. The minimum atomic E-state index is 0.789. The van der Waals surface area contributed by atoms with Gasteiger partial charge in [0, 0.05) is 6.07 Å². The normalized spacial score (nSPS) is 10.3. The fourth-order valence-corrected chi connectivity index (χ4v) is 1.25. The number of rotatable bonds is 2. The molecule has 0 radical (unpaired) electrons. The Bertz CT molecular complexity index is 403. The first kappa shape index (κ1) is 7.10. The molecular formula is C10H10NO+. The van der Waals surface area contributed by atoms with E-state index in [0.29, 0.717) is 0 Å². The molecular weight excluding hydrogens is 150 g/mol. The molecule has 2 heteroatoms. The maximum absolute atomic E-state index is 5.32. The van der Waals surface area contributed by atoms with Gasteiger partial charge in [-0.3, -0.25) is 0 Å². The highest BCUT2D eigenvalue weighted by molar-refractivity contribution is 5.67. The molecule has 0 atom stereocenters. The second-order valence-electron chi connectivity index (χ2n) is 2.63. The van der Waals surface area contributed by atoms with E-state index in [-0.39, 0.29) is 0 Å². The highest BCUT2D eigenvalue weighted by Gasteiger charge is 2.09. The number of hydrogen-bond donors (Lipinski definition) is 0. The molecule has 1 aromatic carbocycles. The first-order valence-electron chi connectivity index (χ1n) is 3.88. The molecule has 0 spiro atoms. The van der Waals surface area contributed by atoms with Crippen LogP contribution < -0.4 is 4.57 Å². The molecule has 0 N–H and O–H groups in total. The molecule has 0 aliphatic heterocycles. The van der Waals surface area contributed by atoms with E-state index in [4.69, 9.17) is 4.42 Å². The second-order valence-corrected chi connectivity index (χ2v) is 2.63. The summed E-state index contributed by atoms with van der Waals surface area (Å²) in [7, 11) is 0. The lowest BCUT2D eigenvalue weighted by atomic mass is 10.3. The summed E-state index contributed by atoms with van der Waals surface area (Å²) in [4.78, 5) is 0. The van der Waals surface area contributed by atoms with Crippen LogP contribution in [0.4, 0.5) is 0 Å². The fourth-order valence-electron chi connectivity index (χ4n) is 1.25. The number of para-hydroxylation sites is 2. The van der Waals surface area contributed by atoms with E-state index in [2.05, 4.69) is 6.58 Å². The van der Waals surface area contributed by atoms with Gasteiger partial charge in [0.25, 0.3) is 5.52 Å². The molecule has 60 valence electrons. The van der Waals surface area contributed by atoms with E-state index < -0.39 is 0 Å². The molecule has 0 aliphatic carbocycles. The summed E-state index contributed by atoms with van der Waals surface area (Å²) in [6.07, 6.45) is 3.56. The molecule has 0 bridgehead atoms. The summed E-state index contributed by atoms with van der Waals surface area (Å²) in [5.74, 6) is 0. The van der Waals surface area contributed by atoms with Crippen LogP contribution in [0.5, 0.6) is 0 Å². The number of allylic oxidation sites excluding steroid dienone is 1. The van der Waals surface area contributed by atoms with Crippen molar-refractivity contribution in [1.29, 1.82) is 0 Å². The molecule has 2 nitrogen and oxygen atoms in total. The number of oxazole rings is 1. The van der Waals surface area contributed by atoms with Crippen LogP contribution in [0, 0.1) is 0 Å². The van der Waals surface area contributed by atoms with Crippen molar-refractivity contribution in [3.8, 4) is 0 Å². The molecule has 1 heterocycles. The molecule has 0 saturated carbocycles. The van der Waals surface area contributed by atoms with Gasteiger partial charge in [0.2, 0.25) is 5.58 Å². The van der Waals surface area contributed by atoms with Gasteiger partial charge in [-0.25, -0.2) is 0 Å². The number of benzene rings is 1. The van der Waals surface area contributed by atoms with Crippen LogP contribution in [-0.4, -0.2) is 0 Å². The van der Waals surface area contributed by atoms with Crippen LogP contribution in [-0.2, 0) is 6.54 Å². The van der Waals surface area contributed by atoms with Crippen molar-refractivity contribution in [2.45, 2.75) is 6.54 Å². The largest absolute Gasteiger partial charge is 0.404 e. The number of fused-ring (bicyclic) bond motifs is 1. The van der Waals surface area contributed by atoms with Crippen LogP contribution in [0.25, 0.3) is 11.1 Å². The summed E-state index contributed by atoms with van der Waals surface area (Å²) >= 11 is 0. The molecule has 0 saturated heterocycles. The van der Waals surface area contributed by atoms with E-state index >= 15 is 0 Å². The van der Waals surface area contributed by atoms with Crippen molar-refractivity contribution < 1.29 is 8.98 Å². The Balaban J connectivity index is 2.62. The zero-order valence-corrected chi connectivity index (χ0v) is 6.73. The van der Waals surface area contributed by atoms with Crippen molar-refractivity contribution in [3.05, 3.63) is 43.3 Å². The minimum Gasteiger partial charge on any atom is -0.404 e. The van der Waals surface area contributed by atoms with Crippen molar-refractivity contribution in [2.24, 2.45) is 0 Å². The third-order valence-corrected chi connectivity index (χ3v) is 1.81. The second kappa shape index (κ2) is 2.81. The Morgan fingerprint density at radius 3 is 3.08 bits per heavy atom. The zero-order valence-electron chi connectivity index (χ0n) is 6.73. The highest BCUT2D eigenvalue weighted by Crippen LogP contribution is 2.08. The summed E-state index contributed by atoms with van der Waals surface area (Å²) in [5.41, 5.74) is 2.02. The SMILES string of the molecule is C=CC[n+]1coc2ccccc21. The lowest BCUT2D eigenvalue weighted by Crippen LogP contribution is -2.29. The van der Waals surface area contributed by atoms with E-state index in [1.54, 1.807) is 6.39 Å². The highest BCUT2D eigenvalue weighted by atomic mass is 16.3. The Kier molecular flexibility index (Phi) is 1.67. The smallest absolute Gasteiger partial charge is 0.335 e. The maximum Gasteiger partial charge on any atom is 0.335 e. The van der Waals surface area contributed by atoms with Crippen LogP contribution in [0.1, 0.15) is 0 Å². The van der Waals surface area contributed by atoms with Gasteiger partial charge in [-0.1, -0.05) is 18.7 Å². The zero-order chi connectivity index (χ0) is 8.39. The summed E-state index contributed by atoms with van der Waals surface area (Å²) in [6.45, 7) is 4.47. The average molecular weight is 160 g/mol. The molecule has 0 unspecified atom stereocenters. The van der Waals surface area contributed by atoms with Crippen molar-refractivity contribution in [2.75, 3.05) is 0 Å². The quantitative estimate of drug-likeness (QED) is 0.484. The third-order valence-electron chi connectivity index (χ3n) is 1.81. The Hall–Kier alpha value is -1.57. The summed E-state index contributed by atoms with van der Waals surface area (Å²) in [5, 5.41) is 0. The topological polar surface area (TPSA) is 17.0 Å². The van der Waals surface area contributed by atoms with Gasteiger partial charge >= 0.3 is 6.39 Å². The predicted molar refractivity (Wildman–Crippen MR) is 46.6 cm³/mol. The predicted octanol–water partition coefficient (Wildman–Crippen LogP) is 1.91. The molecule has 2 rings (SSSR count). The number of nitrogens with zero attached hydrogens (tertiary/aromatic N) is 1. The van der Waals surface area contributed by atoms with Gasteiger partial charge in [-0.2, -0.15) is 4.57 Å². The van der Waals surface area contributed by atoms with Gasteiger partial charge in [-0.15, -0.1) is 0 Å². The molecule has 12 heavy (non-hydrogen) atoms. The Morgan fingerprint density at radius 1 is 1.42 bits per heavy atom. The summed E-state index contributed by atoms with van der Waals surface area (Å²) < 4.78 is 7.33. The number of hydrogen-bond acceptors (Lipinski definition) is 1. The van der Waals surface area contributed by atoms with E-state index in [1.807, 2.05) is 34.9 Å². The van der Waals surface area contributed by atoms with Crippen molar-refractivity contribution in [3.63, 3.8) is 0 Å². The van der Waals surface area contributed by atoms with Crippen molar-refractivity contribution >= 4 is 11.1 Å². The van der Waals surface area contributed by atoms with Crippen LogP contribution in [0.3, 0.4) is 0 Å². The number of aromatic nitrogens is 1. The van der Waals surface area contributed by atoms with Gasteiger partial charge in [0.1, 0.15) is 0 Å². The minimum absolute atomic E-state index is 0.789. The van der Waals surface area contributed by atoms with Gasteiger partial charge < -0.3 is 4.42 Å². The van der Waals surface area contributed by atoms with Gasteiger partial charge in [0.05, 0.1) is 0 Å². The third kappa shape index (κ3) is 1.01. The van der Waals surface area contributed by atoms with E-state index in [1.165, 1.54) is 0 Å². The average Bonchev–Trinajstić information content (AvgIpc) is 2.50. The standard InChI is InChI=1S/C10H10NO/c1-2-7-11-8-12-10-6-4-3-5-9(10)11/h2-6,8H,1,7H2/q+1. The molecule has 1 aromatic heterocycles.